The number of carbonyl (C=O) groups is 1. The Kier molecular flexibility index (Phi) is 5.14. The van der Waals surface area contributed by atoms with Crippen molar-refractivity contribution in [3.05, 3.63) is 35.4 Å². The van der Waals surface area contributed by atoms with E-state index < -0.39 is 0 Å². The summed E-state index contributed by atoms with van der Waals surface area (Å²) in [7, 11) is 1.71. The van der Waals surface area contributed by atoms with E-state index in [-0.39, 0.29) is 18.6 Å². The second-order valence-electron chi connectivity index (χ2n) is 5.11. The third-order valence-corrected chi connectivity index (χ3v) is 3.71. The lowest BCUT2D eigenvalue weighted by atomic mass is 9.89. The normalized spacial score (nSPS) is 17.1. The average Bonchev–Trinajstić information content (AvgIpc) is 2.50. The molecule has 0 bridgehead atoms. The van der Waals surface area contributed by atoms with E-state index in [4.69, 9.17) is 10.00 Å². The van der Waals surface area contributed by atoms with Crippen molar-refractivity contribution in [1.29, 1.82) is 5.26 Å². The van der Waals surface area contributed by atoms with Gasteiger partial charge in [-0.25, -0.2) is 0 Å². The van der Waals surface area contributed by atoms with Crippen molar-refractivity contribution >= 4 is 5.91 Å². The third-order valence-electron chi connectivity index (χ3n) is 3.71. The maximum absolute atomic E-state index is 11.9. The molecule has 106 valence electrons. The van der Waals surface area contributed by atoms with Crippen LogP contribution in [0, 0.1) is 11.3 Å². The SMILES string of the molecule is CN(CCC#N)C(=O)COC1CCCc2ccccc21. The van der Waals surface area contributed by atoms with E-state index in [2.05, 4.69) is 12.1 Å². The van der Waals surface area contributed by atoms with Crippen molar-refractivity contribution in [3.63, 3.8) is 0 Å². The van der Waals surface area contributed by atoms with Gasteiger partial charge in [0, 0.05) is 13.6 Å². The number of rotatable bonds is 5. The number of aryl methyl sites for hydroxylation is 1. The predicted molar refractivity (Wildman–Crippen MR) is 75.9 cm³/mol. The number of amides is 1. The molecule has 4 heteroatoms. The van der Waals surface area contributed by atoms with Gasteiger partial charge in [0.15, 0.2) is 0 Å². The summed E-state index contributed by atoms with van der Waals surface area (Å²) in [4.78, 5) is 13.4. The van der Waals surface area contributed by atoms with Gasteiger partial charge in [0.25, 0.3) is 0 Å². The summed E-state index contributed by atoms with van der Waals surface area (Å²) in [6, 6.07) is 10.3. The molecule has 1 unspecified atom stereocenters. The highest BCUT2D eigenvalue weighted by atomic mass is 16.5. The maximum atomic E-state index is 11.9. The molecule has 0 radical (unpaired) electrons. The van der Waals surface area contributed by atoms with E-state index in [1.807, 2.05) is 18.2 Å². The van der Waals surface area contributed by atoms with Crippen molar-refractivity contribution < 1.29 is 9.53 Å². The minimum Gasteiger partial charge on any atom is -0.364 e. The Balaban J connectivity index is 1.89. The van der Waals surface area contributed by atoms with E-state index in [0.29, 0.717) is 13.0 Å². The van der Waals surface area contributed by atoms with Gasteiger partial charge in [0.2, 0.25) is 5.91 Å². The highest BCUT2D eigenvalue weighted by Crippen LogP contribution is 2.32. The van der Waals surface area contributed by atoms with Crippen LogP contribution < -0.4 is 0 Å². The molecule has 1 aliphatic carbocycles. The van der Waals surface area contributed by atoms with Crippen LogP contribution in [0.3, 0.4) is 0 Å². The molecule has 0 spiro atoms. The van der Waals surface area contributed by atoms with E-state index in [1.54, 1.807) is 11.9 Å². The number of nitrogens with zero attached hydrogens (tertiary/aromatic N) is 2. The number of nitriles is 1. The minimum atomic E-state index is -0.0664. The smallest absolute Gasteiger partial charge is 0.248 e. The van der Waals surface area contributed by atoms with Gasteiger partial charge < -0.3 is 9.64 Å². The second-order valence-corrected chi connectivity index (χ2v) is 5.11. The first-order valence-corrected chi connectivity index (χ1v) is 7.02. The fourth-order valence-electron chi connectivity index (χ4n) is 2.51. The Morgan fingerprint density at radius 3 is 3.10 bits per heavy atom. The molecule has 1 amide bonds. The number of likely N-dealkylation sites (N-methyl/N-ethyl adjacent to an activating group) is 1. The molecule has 0 N–H and O–H groups in total. The molecule has 2 rings (SSSR count). The lowest BCUT2D eigenvalue weighted by molar-refractivity contribution is -0.137. The van der Waals surface area contributed by atoms with Gasteiger partial charge in [0.1, 0.15) is 6.61 Å². The molecule has 1 aromatic rings. The summed E-state index contributed by atoms with van der Waals surface area (Å²) < 4.78 is 5.80. The zero-order valence-corrected chi connectivity index (χ0v) is 11.8. The Bertz CT molecular complexity index is 507. The Morgan fingerprint density at radius 2 is 2.30 bits per heavy atom. The number of ether oxygens (including phenoxy) is 1. The van der Waals surface area contributed by atoms with E-state index in [9.17, 15) is 4.79 Å². The third kappa shape index (κ3) is 3.58. The number of fused-ring (bicyclic) bond motifs is 1. The number of carbonyl (C=O) groups excluding carboxylic acids is 1. The standard InChI is InChI=1S/C16H20N2O2/c1-18(11-5-10-17)16(19)12-20-15-9-4-7-13-6-2-3-8-14(13)15/h2-3,6,8,15H,4-5,7,9,11-12H2,1H3. The molecule has 0 saturated heterocycles. The van der Waals surface area contributed by atoms with Crippen LogP contribution in [0.25, 0.3) is 0 Å². The summed E-state index contributed by atoms with van der Waals surface area (Å²) in [5.41, 5.74) is 2.54. The summed E-state index contributed by atoms with van der Waals surface area (Å²) in [5, 5.41) is 8.52. The first-order chi connectivity index (χ1) is 9.72. The first-order valence-electron chi connectivity index (χ1n) is 7.02. The fourth-order valence-corrected chi connectivity index (χ4v) is 2.51. The average molecular weight is 272 g/mol. The maximum Gasteiger partial charge on any atom is 0.248 e. The minimum absolute atomic E-state index is 0.0215. The molecule has 0 aliphatic heterocycles. The Labute approximate surface area is 120 Å². The first kappa shape index (κ1) is 14.5. The van der Waals surface area contributed by atoms with Crippen molar-refractivity contribution in [2.45, 2.75) is 31.8 Å². The number of hydrogen-bond donors (Lipinski definition) is 0. The molecule has 20 heavy (non-hydrogen) atoms. The lowest BCUT2D eigenvalue weighted by Gasteiger charge is -2.26. The highest BCUT2D eigenvalue weighted by molar-refractivity contribution is 5.77. The van der Waals surface area contributed by atoms with Crippen molar-refractivity contribution in [3.8, 4) is 6.07 Å². The summed E-state index contributed by atoms with van der Waals surface area (Å²) in [5.74, 6) is -0.0664. The summed E-state index contributed by atoms with van der Waals surface area (Å²) in [6.07, 6.45) is 3.53. The van der Waals surface area contributed by atoms with E-state index in [1.165, 1.54) is 11.1 Å². The molecule has 0 heterocycles. The van der Waals surface area contributed by atoms with Gasteiger partial charge in [-0.05, 0) is 30.4 Å². The van der Waals surface area contributed by atoms with Gasteiger partial charge in [0.05, 0.1) is 18.6 Å². The van der Waals surface area contributed by atoms with Gasteiger partial charge >= 0.3 is 0 Å². The molecule has 0 saturated carbocycles. The van der Waals surface area contributed by atoms with Crippen LogP contribution in [0.5, 0.6) is 0 Å². The second kappa shape index (κ2) is 7.06. The Morgan fingerprint density at radius 1 is 1.50 bits per heavy atom. The monoisotopic (exact) mass is 272 g/mol. The van der Waals surface area contributed by atoms with Gasteiger partial charge in [-0.1, -0.05) is 24.3 Å². The zero-order chi connectivity index (χ0) is 14.4. The molecule has 0 fully saturated rings. The van der Waals surface area contributed by atoms with Gasteiger partial charge in [-0.2, -0.15) is 5.26 Å². The fraction of sp³-hybridized carbons (Fsp3) is 0.500. The van der Waals surface area contributed by atoms with Crippen molar-refractivity contribution in [2.75, 3.05) is 20.2 Å². The van der Waals surface area contributed by atoms with E-state index in [0.717, 1.165) is 19.3 Å². The molecule has 1 aliphatic rings. The lowest BCUT2D eigenvalue weighted by Crippen LogP contribution is -2.32. The van der Waals surface area contributed by atoms with Crippen LogP contribution in [-0.2, 0) is 16.0 Å². The summed E-state index contributed by atoms with van der Waals surface area (Å²) >= 11 is 0. The quantitative estimate of drug-likeness (QED) is 0.827. The Hall–Kier alpha value is -1.86. The van der Waals surface area contributed by atoms with Crippen LogP contribution >= 0.6 is 0 Å². The highest BCUT2D eigenvalue weighted by Gasteiger charge is 2.21. The van der Waals surface area contributed by atoms with Crippen LogP contribution in [0.15, 0.2) is 24.3 Å². The van der Waals surface area contributed by atoms with Crippen LogP contribution in [-0.4, -0.2) is 31.0 Å². The summed E-state index contributed by atoms with van der Waals surface area (Å²) in [6.45, 7) is 0.543. The molecule has 1 aromatic carbocycles. The zero-order valence-electron chi connectivity index (χ0n) is 11.8. The van der Waals surface area contributed by atoms with Crippen molar-refractivity contribution in [2.24, 2.45) is 0 Å². The number of hydrogen-bond acceptors (Lipinski definition) is 3. The molecule has 1 atom stereocenters. The molecule has 4 nitrogen and oxygen atoms in total. The van der Waals surface area contributed by atoms with Crippen LogP contribution in [0.1, 0.15) is 36.5 Å². The predicted octanol–water partition coefficient (Wildman–Crippen LogP) is 2.45. The van der Waals surface area contributed by atoms with Gasteiger partial charge in [-0.15, -0.1) is 0 Å². The van der Waals surface area contributed by atoms with Crippen LogP contribution in [0.4, 0.5) is 0 Å². The molecular formula is C16H20N2O2. The largest absolute Gasteiger partial charge is 0.364 e. The van der Waals surface area contributed by atoms with E-state index >= 15 is 0 Å². The van der Waals surface area contributed by atoms with Crippen molar-refractivity contribution in [1.82, 2.24) is 4.90 Å². The topological polar surface area (TPSA) is 53.3 Å². The van der Waals surface area contributed by atoms with Crippen LogP contribution in [0.2, 0.25) is 0 Å². The molecular weight excluding hydrogens is 252 g/mol. The number of benzene rings is 1. The van der Waals surface area contributed by atoms with Gasteiger partial charge in [-0.3, -0.25) is 4.79 Å². The molecule has 0 aromatic heterocycles.